The summed E-state index contributed by atoms with van der Waals surface area (Å²) >= 11 is 1.77. The van der Waals surface area contributed by atoms with Gasteiger partial charge in [0.15, 0.2) is 11.6 Å². The molecule has 2 N–H and O–H groups in total. The van der Waals surface area contributed by atoms with Crippen LogP contribution in [0.2, 0.25) is 0 Å². The molecule has 2 aromatic carbocycles. The number of thiazole rings is 1. The molecule has 4 rings (SSSR count). The Labute approximate surface area is 151 Å². The predicted molar refractivity (Wildman–Crippen MR) is 101 cm³/mol. The summed E-state index contributed by atoms with van der Waals surface area (Å²) < 4.78 is 1.23. The number of hydrogen-bond acceptors (Lipinski definition) is 3. The van der Waals surface area contributed by atoms with E-state index < -0.39 is 0 Å². The molecule has 0 bridgehead atoms. The smallest absolute Gasteiger partial charge is 0.275 e. The van der Waals surface area contributed by atoms with E-state index >= 15 is 0 Å². The van der Waals surface area contributed by atoms with Gasteiger partial charge in [0.25, 0.3) is 5.91 Å². The highest BCUT2D eigenvalue weighted by molar-refractivity contribution is 7.18. The lowest BCUT2D eigenvalue weighted by molar-refractivity contribution is -0.910. The van der Waals surface area contributed by atoms with Crippen LogP contribution in [0.3, 0.4) is 0 Å². The van der Waals surface area contributed by atoms with Gasteiger partial charge in [-0.25, -0.2) is 4.98 Å². The van der Waals surface area contributed by atoms with Crippen LogP contribution in [0.15, 0.2) is 54.6 Å². The van der Waals surface area contributed by atoms with Crippen molar-refractivity contribution in [3.8, 4) is 0 Å². The van der Waals surface area contributed by atoms with Gasteiger partial charge in [-0.3, -0.25) is 4.79 Å². The molecular formula is C20H22N3OS+. The van der Waals surface area contributed by atoms with Crippen molar-refractivity contribution in [1.29, 1.82) is 0 Å². The van der Waals surface area contributed by atoms with E-state index in [1.165, 1.54) is 14.6 Å². The zero-order valence-electron chi connectivity index (χ0n) is 14.1. The second kappa shape index (κ2) is 7.33. The van der Waals surface area contributed by atoms with Crippen molar-refractivity contribution in [1.82, 2.24) is 10.3 Å². The van der Waals surface area contributed by atoms with Crippen LogP contribution in [0.5, 0.6) is 0 Å². The summed E-state index contributed by atoms with van der Waals surface area (Å²) in [5.74, 6) is 0.117. The first kappa shape index (κ1) is 16.2. The molecule has 1 fully saturated rings. The molecule has 0 saturated carbocycles. The van der Waals surface area contributed by atoms with Crippen LogP contribution in [0, 0.1) is 0 Å². The lowest BCUT2D eigenvalue weighted by Gasteiger charge is -2.19. The third-order valence-electron chi connectivity index (χ3n) is 4.81. The number of para-hydroxylation sites is 1. The Bertz CT molecular complexity index is 829. The number of aromatic nitrogens is 1. The molecule has 1 saturated heterocycles. The SMILES string of the molecule is O=C(C[NH+]1CCC[C@@H]1c1nc2ccccc2s1)NCc1ccccc1. The van der Waals surface area contributed by atoms with Crippen molar-refractivity contribution in [3.63, 3.8) is 0 Å². The summed E-state index contributed by atoms with van der Waals surface area (Å²) in [7, 11) is 0. The minimum atomic E-state index is 0.117. The monoisotopic (exact) mass is 352 g/mol. The molecule has 2 heterocycles. The van der Waals surface area contributed by atoms with Crippen LogP contribution < -0.4 is 10.2 Å². The van der Waals surface area contributed by atoms with Crippen molar-refractivity contribution in [2.45, 2.75) is 25.4 Å². The van der Waals surface area contributed by atoms with E-state index in [-0.39, 0.29) is 5.91 Å². The van der Waals surface area contributed by atoms with Gasteiger partial charge in [0.1, 0.15) is 6.04 Å². The number of amides is 1. The van der Waals surface area contributed by atoms with Crippen molar-refractivity contribution in [2.75, 3.05) is 13.1 Å². The van der Waals surface area contributed by atoms with E-state index in [9.17, 15) is 4.79 Å². The zero-order valence-corrected chi connectivity index (χ0v) is 14.9. The maximum atomic E-state index is 12.4. The molecule has 3 aromatic rings. The van der Waals surface area contributed by atoms with E-state index in [4.69, 9.17) is 4.98 Å². The highest BCUT2D eigenvalue weighted by Gasteiger charge is 2.33. The summed E-state index contributed by atoms with van der Waals surface area (Å²) in [6.45, 7) is 2.16. The quantitative estimate of drug-likeness (QED) is 0.740. The number of likely N-dealkylation sites (tertiary alicyclic amines) is 1. The normalized spacial score (nSPS) is 20.0. The lowest BCUT2D eigenvalue weighted by Crippen LogP contribution is -3.11. The number of rotatable bonds is 5. The Morgan fingerprint density at radius 1 is 1.16 bits per heavy atom. The minimum absolute atomic E-state index is 0.117. The Hall–Kier alpha value is -2.24. The Balaban J connectivity index is 1.40. The van der Waals surface area contributed by atoms with Gasteiger partial charge in [0.05, 0.1) is 16.8 Å². The zero-order chi connectivity index (χ0) is 17.1. The highest BCUT2D eigenvalue weighted by atomic mass is 32.1. The van der Waals surface area contributed by atoms with Gasteiger partial charge in [-0.15, -0.1) is 11.3 Å². The Morgan fingerprint density at radius 2 is 1.96 bits per heavy atom. The third-order valence-corrected chi connectivity index (χ3v) is 5.96. The van der Waals surface area contributed by atoms with Gasteiger partial charge in [0.2, 0.25) is 0 Å². The fraction of sp³-hybridized carbons (Fsp3) is 0.300. The maximum Gasteiger partial charge on any atom is 0.275 e. The largest absolute Gasteiger partial charge is 0.347 e. The lowest BCUT2D eigenvalue weighted by atomic mass is 10.2. The van der Waals surface area contributed by atoms with E-state index in [0.29, 0.717) is 19.1 Å². The van der Waals surface area contributed by atoms with Gasteiger partial charge >= 0.3 is 0 Å². The van der Waals surface area contributed by atoms with Crippen molar-refractivity contribution < 1.29 is 9.69 Å². The minimum Gasteiger partial charge on any atom is -0.347 e. The van der Waals surface area contributed by atoms with Crippen molar-refractivity contribution in [3.05, 3.63) is 65.2 Å². The van der Waals surface area contributed by atoms with E-state index in [1.807, 2.05) is 36.4 Å². The molecule has 25 heavy (non-hydrogen) atoms. The van der Waals surface area contributed by atoms with E-state index in [0.717, 1.165) is 30.5 Å². The molecule has 0 spiro atoms. The Kier molecular flexibility index (Phi) is 4.76. The first-order chi connectivity index (χ1) is 12.3. The number of carbonyl (C=O) groups excluding carboxylic acids is 1. The molecule has 1 aliphatic heterocycles. The highest BCUT2D eigenvalue weighted by Crippen LogP contribution is 2.28. The fourth-order valence-corrected chi connectivity index (χ4v) is 4.69. The average Bonchev–Trinajstić information content (AvgIpc) is 3.27. The fourth-order valence-electron chi connectivity index (χ4n) is 3.53. The van der Waals surface area contributed by atoms with Crippen LogP contribution in [-0.4, -0.2) is 24.0 Å². The van der Waals surface area contributed by atoms with Crippen LogP contribution in [-0.2, 0) is 11.3 Å². The first-order valence-corrected chi connectivity index (χ1v) is 9.62. The topological polar surface area (TPSA) is 46.4 Å². The van der Waals surface area contributed by atoms with Gasteiger partial charge in [-0.05, 0) is 17.7 Å². The Morgan fingerprint density at radius 3 is 2.80 bits per heavy atom. The molecular weight excluding hydrogens is 330 g/mol. The molecule has 1 amide bonds. The number of quaternary nitrogens is 1. The van der Waals surface area contributed by atoms with Crippen LogP contribution in [0.4, 0.5) is 0 Å². The molecule has 2 atom stereocenters. The van der Waals surface area contributed by atoms with Crippen LogP contribution in [0.25, 0.3) is 10.2 Å². The molecule has 5 heteroatoms. The van der Waals surface area contributed by atoms with E-state index in [2.05, 4.69) is 23.5 Å². The molecule has 1 unspecified atom stereocenters. The molecule has 0 radical (unpaired) electrons. The summed E-state index contributed by atoms with van der Waals surface area (Å²) in [6, 6.07) is 18.7. The summed E-state index contributed by atoms with van der Waals surface area (Å²) in [4.78, 5) is 18.5. The molecule has 128 valence electrons. The summed E-state index contributed by atoms with van der Waals surface area (Å²) in [5, 5.41) is 4.22. The number of fused-ring (bicyclic) bond motifs is 1. The molecule has 1 aromatic heterocycles. The van der Waals surface area contributed by atoms with Crippen molar-refractivity contribution >= 4 is 27.5 Å². The second-order valence-corrected chi connectivity index (χ2v) is 7.62. The van der Waals surface area contributed by atoms with Crippen molar-refractivity contribution in [2.24, 2.45) is 0 Å². The van der Waals surface area contributed by atoms with Crippen LogP contribution >= 0.6 is 11.3 Å². The number of nitrogens with one attached hydrogen (secondary N) is 2. The van der Waals surface area contributed by atoms with E-state index in [1.54, 1.807) is 11.3 Å². The van der Waals surface area contributed by atoms with Gasteiger partial charge < -0.3 is 10.2 Å². The average molecular weight is 352 g/mol. The van der Waals surface area contributed by atoms with Gasteiger partial charge in [-0.1, -0.05) is 42.5 Å². The maximum absolute atomic E-state index is 12.4. The number of benzene rings is 2. The number of nitrogens with zero attached hydrogens (tertiary/aromatic N) is 1. The molecule has 4 nitrogen and oxygen atoms in total. The second-order valence-electron chi connectivity index (χ2n) is 6.56. The predicted octanol–water partition coefficient (Wildman–Crippen LogP) is 2.33. The first-order valence-electron chi connectivity index (χ1n) is 8.80. The third kappa shape index (κ3) is 3.72. The van der Waals surface area contributed by atoms with Gasteiger partial charge in [-0.2, -0.15) is 0 Å². The van der Waals surface area contributed by atoms with Crippen LogP contribution in [0.1, 0.15) is 29.5 Å². The molecule has 1 aliphatic rings. The van der Waals surface area contributed by atoms with Gasteiger partial charge in [0, 0.05) is 19.4 Å². The summed E-state index contributed by atoms with van der Waals surface area (Å²) in [5.41, 5.74) is 2.21. The number of hydrogen-bond donors (Lipinski definition) is 2. The number of carbonyl (C=O) groups is 1. The summed E-state index contributed by atoms with van der Waals surface area (Å²) in [6.07, 6.45) is 2.27. The standard InChI is InChI=1S/C20H21N3OS/c24-19(21-13-15-7-2-1-3-8-15)14-23-12-6-10-17(23)20-22-16-9-4-5-11-18(16)25-20/h1-5,7-9,11,17H,6,10,12-14H2,(H,21,24)/p+1/t17-/m1/s1. The molecule has 0 aliphatic carbocycles.